The van der Waals surface area contributed by atoms with Crippen molar-refractivity contribution in [3.05, 3.63) is 36.1 Å². The minimum atomic E-state index is -0.500. The van der Waals surface area contributed by atoms with Gasteiger partial charge in [0.1, 0.15) is 5.57 Å². The van der Waals surface area contributed by atoms with E-state index in [2.05, 4.69) is 11.9 Å². The molecule has 0 aromatic carbocycles. The number of nitrogens with zero attached hydrogens (tertiary/aromatic N) is 1. The summed E-state index contributed by atoms with van der Waals surface area (Å²) in [4.78, 5) is 25.2. The first-order valence-electron chi connectivity index (χ1n) is 5.79. The molecule has 0 spiro atoms. The molecule has 19 heavy (non-hydrogen) atoms. The van der Waals surface area contributed by atoms with Gasteiger partial charge in [-0.3, -0.25) is 19.8 Å². The average molecular weight is 280 g/mol. The summed E-state index contributed by atoms with van der Waals surface area (Å²) in [5, 5.41) is 2.57. The maximum absolute atomic E-state index is 12.1. The van der Waals surface area contributed by atoms with E-state index in [1.54, 1.807) is 13.0 Å². The fourth-order valence-electron chi connectivity index (χ4n) is 1.47. The van der Waals surface area contributed by atoms with Gasteiger partial charge in [-0.1, -0.05) is 6.08 Å². The summed E-state index contributed by atoms with van der Waals surface area (Å²) < 4.78 is 5.10. The summed E-state index contributed by atoms with van der Waals surface area (Å²) in [6.07, 6.45) is 4.52. The highest BCUT2D eigenvalue weighted by Crippen LogP contribution is 2.12. The van der Waals surface area contributed by atoms with Crippen LogP contribution < -0.4 is 5.32 Å². The van der Waals surface area contributed by atoms with Crippen molar-refractivity contribution in [1.29, 1.82) is 0 Å². The van der Waals surface area contributed by atoms with E-state index in [0.29, 0.717) is 12.2 Å². The second-order valence-corrected chi connectivity index (χ2v) is 4.23. The summed E-state index contributed by atoms with van der Waals surface area (Å²) in [6.45, 7) is 7.92. The Labute approximate surface area is 117 Å². The molecule has 1 saturated heterocycles. The lowest BCUT2D eigenvalue weighted by Crippen LogP contribution is -2.53. The standard InChI is InChI=1S/C13H16N2O3S/c1-4-6-15-12(17)10(11(16)14-13(15)19)7-9(3)8-18-5-2/h4,7-8H,1,5-6H2,2-3H3,(H,14,16,19). The summed E-state index contributed by atoms with van der Waals surface area (Å²) in [5.74, 6) is -0.933. The quantitative estimate of drug-likeness (QED) is 0.271. The van der Waals surface area contributed by atoms with E-state index in [-0.39, 0.29) is 17.2 Å². The molecule has 0 radical (unpaired) electrons. The molecule has 0 aliphatic carbocycles. The smallest absolute Gasteiger partial charge is 0.265 e. The van der Waals surface area contributed by atoms with Crippen LogP contribution in [-0.4, -0.2) is 35.0 Å². The first-order chi connectivity index (χ1) is 9.01. The third-order valence-electron chi connectivity index (χ3n) is 2.31. The van der Waals surface area contributed by atoms with Gasteiger partial charge in [-0.15, -0.1) is 6.58 Å². The Morgan fingerprint density at radius 2 is 2.21 bits per heavy atom. The summed E-state index contributed by atoms with van der Waals surface area (Å²) >= 11 is 4.94. The van der Waals surface area contributed by atoms with Gasteiger partial charge in [0.25, 0.3) is 11.8 Å². The molecule has 1 aliphatic rings. The average Bonchev–Trinajstić information content (AvgIpc) is 2.37. The topological polar surface area (TPSA) is 58.6 Å². The molecule has 0 atom stereocenters. The first kappa shape index (κ1) is 15.1. The van der Waals surface area contributed by atoms with E-state index >= 15 is 0 Å². The predicted molar refractivity (Wildman–Crippen MR) is 76.1 cm³/mol. The molecule has 102 valence electrons. The molecule has 1 N–H and O–H groups in total. The number of carbonyl (C=O) groups excluding carboxylic acids is 2. The van der Waals surface area contributed by atoms with Crippen molar-refractivity contribution in [2.45, 2.75) is 13.8 Å². The molecule has 0 unspecified atom stereocenters. The predicted octanol–water partition coefficient (Wildman–Crippen LogP) is 1.28. The monoisotopic (exact) mass is 280 g/mol. The number of ether oxygens (including phenoxy) is 1. The van der Waals surface area contributed by atoms with Crippen LogP contribution in [0.5, 0.6) is 0 Å². The first-order valence-corrected chi connectivity index (χ1v) is 6.20. The molecule has 0 aromatic rings. The normalized spacial score (nSPS) is 18.6. The van der Waals surface area contributed by atoms with Crippen molar-refractivity contribution in [2.24, 2.45) is 0 Å². The number of carbonyl (C=O) groups is 2. The summed E-state index contributed by atoms with van der Waals surface area (Å²) in [5.41, 5.74) is 0.704. The number of hydrogen-bond acceptors (Lipinski definition) is 4. The molecule has 1 rings (SSSR count). The number of thiocarbonyl (C=S) groups is 1. The Hall–Kier alpha value is -1.95. The zero-order chi connectivity index (χ0) is 14.4. The van der Waals surface area contributed by atoms with E-state index in [4.69, 9.17) is 17.0 Å². The number of nitrogens with one attached hydrogen (secondary N) is 1. The van der Waals surface area contributed by atoms with E-state index in [1.165, 1.54) is 17.2 Å². The van der Waals surface area contributed by atoms with E-state index in [9.17, 15) is 9.59 Å². The third-order valence-corrected chi connectivity index (χ3v) is 2.63. The van der Waals surface area contributed by atoms with Crippen molar-refractivity contribution in [1.82, 2.24) is 10.2 Å². The Morgan fingerprint density at radius 1 is 1.53 bits per heavy atom. The van der Waals surface area contributed by atoms with Crippen LogP contribution in [0.25, 0.3) is 0 Å². The largest absolute Gasteiger partial charge is 0.501 e. The lowest BCUT2D eigenvalue weighted by atomic mass is 10.1. The van der Waals surface area contributed by atoms with Gasteiger partial charge in [-0.2, -0.15) is 0 Å². The van der Waals surface area contributed by atoms with Crippen LogP contribution in [0.15, 0.2) is 36.1 Å². The number of amides is 2. The number of allylic oxidation sites excluding steroid dienone is 2. The molecule has 6 heteroatoms. The molecule has 0 bridgehead atoms. The lowest BCUT2D eigenvalue weighted by Gasteiger charge is -2.27. The second kappa shape index (κ2) is 6.84. The minimum absolute atomic E-state index is 0.0314. The van der Waals surface area contributed by atoms with Crippen LogP contribution in [-0.2, 0) is 14.3 Å². The molecule has 2 amide bonds. The molecule has 1 heterocycles. The Balaban J connectivity index is 3.01. The highest BCUT2D eigenvalue weighted by atomic mass is 32.1. The van der Waals surface area contributed by atoms with Crippen LogP contribution in [0.1, 0.15) is 13.8 Å². The van der Waals surface area contributed by atoms with Gasteiger partial charge in [0.15, 0.2) is 5.11 Å². The van der Waals surface area contributed by atoms with Crippen molar-refractivity contribution in [2.75, 3.05) is 13.2 Å². The highest BCUT2D eigenvalue weighted by Gasteiger charge is 2.32. The number of rotatable bonds is 5. The van der Waals surface area contributed by atoms with Gasteiger partial charge in [-0.25, -0.2) is 0 Å². The molecule has 0 aromatic heterocycles. The third kappa shape index (κ3) is 3.75. The van der Waals surface area contributed by atoms with Crippen molar-refractivity contribution < 1.29 is 14.3 Å². The summed E-state index contributed by atoms with van der Waals surface area (Å²) in [6, 6.07) is 0. The van der Waals surface area contributed by atoms with E-state index in [0.717, 1.165) is 0 Å². The Bertz CT molecular complexity index is 480. The van der Waals surface area contributed by atoms with Crippen molar-refractivity contribution >= 4 is 29.1 Å². The fourth-order valence-corrected chi connectivity index (χ4v) is 1.72. The van der Waals surface area contributed by atoms with Crippen LogP contribution >= 0.6 is 12.2 Å². The molecule has 1 aliphatic heterocycles. The number of hydrogen-bond donors (Lipinski definition) is 1. The van der Waals surface area contributed by atoms with Gasteiger partial charge in [-0.05, 0) is 37.7 Å². The highest BCUT2D eigenvalue weighted by molar-refractivity contribution is 7.80. The molecular weight excluding hydrogens is 264 g/mol. The zero-order valence-electron chi connectivity index (χ0n) is 10.9. The van der Waals surface area contributed by atoms with Gasteiger partial charge in [0.2, 0.25) is 0 Å². The van der Waals surface area contributed by atoms with E-state index in [1.807, 2.05) is 6.92 Å². The van der Waals surface area contributed by atoms with Gasteiger partial charge < -0.3 is 4.74 Å². The van der Waals surface area contributed by atoms with Crippen LogP contribution in [0.2, 0.25) is 0 Å². The Kier molecular flexibility index (Phi) is 5.44. The SMILES string of the molecule is C=CCN1C(=O)C(=CC(C)=COCC)C(=O)NC1=S. The van der Waals surface area contributed by atoms with Crippen molar-refractivity contribution in [3.8, 4) is 0 Å². The zero-order valence-corrected chi connectivity index (χ0v) is 11.8. The van der Waals surface area contributed by atoms with Gasteiger partial charge >= 0.3 is 0 Å². The van der Waals surface area contributed by atoms with Crippen molar-refractivity contribution in [3.63, 3.8) is 0 Å². The van der Waals surface area contributed by atoms with Crippen LogP contribution in [0.3, 0.4) is 0 Å². The molecular formula is C13H16N2O3S. The molecule has 0 saturated carbocycles. The molecule has 1 fully saturated rings. The molecule has 5 nitrogen and oxygen atoms in total. The second-order valence-electron chi connectivity index (χ2n) is 3.84. The maximum atomic E-state index is 12.1. The summed E-state index contributed by atoms with van der Waals surface area (Å²) in [7, 11) is 0. The lowest BCUT2D eigenvalue weighted by molar-refractivity contribution is -0.128. The van der Waals surface area contributed by atoms with E-state index < -0.39 is 11.8 Å². The van der Waals surface area contributed by atoms with Crippen LogP contribution in [0.4, 0.5) is 0 Å². The van der Waals surface area contributed by atoms with Crippen LogP contribution in [0, 0.1) is 0 Å². The fraction of sp³-hybridized carbons (Fsp3) is 0.308. The maximum Gasteiger partial charge on any atom is 0.265 e. The van der Waals surface area contributed by atoms with Gasteiger partial charge in [0.05, 0.1) is 12.9 Å². The van der Waals surface area contributed by atoms with Gasteiger partial charge in [0, 0.05) is 6.54 Å². The Morgan fingerprint density at radius 3 is 2.79 bits per heavy atom. The minimum Gasteiger partial charge on any atom is -0.501 e.